The summed E-state index contributed by atoms with van der Waals surface area (Å²) in [5, 5.41) is 25.2. The van der Waals surface area contributed by atoms with Gasteiger partial charge in [0.05, 0.1) is 26.1 Å². The van der Waals surface area contributed by atoms with E-state index in [9.17, 15) is 28.6 Å². The minimum Gasteiger partial charge on any atom is -0.355 e. The fourth-order valence-electron chi connectivity index (χ4n) is 6.16. The zero-order valence-electron chi connectivity index (χ0n) is 23.0. The van der Waals surface area contributed by atoms with Gasteiger partial charge in [0.15, 0.2) is 4.90 Å². The summed E-state index contributed by atoms with van der Waals surface area (Å²) >= 11 is 1.59. The van der Waals surface area contributed by atoms with Crippen molar-refractivity contribution in [3.63, 3.8) is 0 Å². The molecular weight excluding hydrogens is 568 g/mol. The number of thiophene rings is 1. The van der Waals surface area contributed by atoms with Crippen LogP contribution in [0.5, 0.6) is 0 Å². The summed E-state index contributed by atoms with van der Waals surface area (Å²) in [6.45, 7) is 3.41. The van der Waals surface area contributed by atoms with E-state index in [2.05, 4.69) is 14.9 Å². The highest BCUT2D eigenvalue weighted by molar-refractivity contribution is 7.89. The first-order valence-electron chi connectivity index (χ1n) is 14.0. The molecule has 220 valence electrons. The van der Waals surface area contributed by atoms with Crippen LogP contribution in [0.15, 0.2) is 34.8 Å². The third-order valence-electron chi connectivity index (χ3n) is 8.34. The average molecular weight is 603 g/mol. The van der Waals surface area contributed by atoms with Crippen LogP contribution in [0.1, 0.15) is 63.4 Å². The summed E-state index contributed by atoms with van der Waals surface area (Å²) in [6.07, 6.45) is 10.1. The lowest BCUT2D eigenvalue weighted by molar-refractivity contribution is -0.396. The van der Waals surface area contributed by atoms with Gasteiger partial charge in [-0.15, -0.1) is 11.3 Å². The van der Waals surface area contributed by atoms with E-state index in [1.54, 1.807) is 17.7 Å². The smallest absolute Gasteiger partial charge is 0.296 e. The molecular formula is C27H34N6O6S2. The van der Waals surface area contributed by atoms with E-state index in [0.29, 0.717) is 38.3 Å². The molecule has 5 rings (SSSR count). The summed E-state index contributed by atoms with van der Waals surface area (Å²) in [7, 11) is -4.31. The van der Waals surface area contributed by atoms with Gasteiger partial charge in [-0.1, -0.05) is 32.1 Å². The van der Waals surface area contributed by atoms with Gasteiger partial charge in [-0.05, 0) is 55.5 Å². The Kier molecular flexibility index (Phi) is 8.80. The molecule has 12 nitrogen and oxygen atoms in total. The summed E-state index contributed by atoms with van der Waals surface area (Å²) < 4.78 is 30.6. The number of anilines is 1. The fraction of sp³-hybridized carbons (Fsp3) is 0.556. The lowest BCUT2D eigenvalue weighted by Gasteiger charge is -2.38. The van der Waals surface area contributed by atoms with Crippen LogP contribution in [0.4, 0.5) is 17.2 Å². The SMILES string of the molecule is Cc1csc2c(N3CCC(N(CCCC4CCCCC4)S(=O)(=O)c4ccc([N+](=O)[O-])cc4[N+](=O)[O-])CC3)ncnc12. The molecule has 2 fully saturated rings. The highest BCUT2D eigenvalue weighted by Crippen LogP contribution is 2.36. The van der Waals surface area contributed by atoms with Crippen LogP contribution in [0, 0.1) is 33.1 Å². The van der Waals surface area contributed by atoms with Crippen LogP contribution in [0.3, 0.4) is 0 Å². The van der Waals surface area contributed by atoms with Crippen molar-refractivity contribution in [3.05, 3.63) is 55.7 Å². The minimum absolute atomic E-state index is 0.250. The number of piperidine rings is 1. The molecule has 3 aromatic rings. The van der Waals surface area contributed by atoms with Crippen molar-refractivity contribution in [3.8, 4) is 0 Å². The molecule has 0 bridgehead atoms. The first-order valence-corrected chi connectivity index (χ1v) is 16.4. The zero-order valence-corrected chi connectivity index (χ0v) is 24.6. The number of aromatic nitrogens is 2. The second kappa shape index (κ2) is 12.3. The Morgan fingerprint density at radius 3 is 2.46 bits per heavy atom. The number of sulfonamides is 1. The van der Waals surface area contributed by atoms with Crippen LogP contribution in [-0.2, 0) is 10.0 Å². The third-order valence-corrected chi connectivity index (χ3v) is 11.4. The molecule has 1 aromatic carbocycles. The van der Waals surface area contributed by atoms with Gasteiger partial charge in [0.25, 0.3) is 11.4 Å². The van der Waals surface area contributed by atoms with Gasteiger partial charge in [-0.2, -0.15) is 4.31 Å². The van der Waals surface area contributed by atoms with Gasteiger partial charge in [0, 0.05) is 31.7 Å². The summed E-state index contributed by atoms with van der Waals surface area (Å²) in [5.41, 5.74) is 0.709. The van der Waals surface area contributed by atoms with Gasteiger partial charge < -0.3 is 4.90 Å². The number of aryl methyl sites for hydroxylation is 1. The molecule has 0 radical (unpaired) electrons. The number of nitro groups is 2. The van der Waals surface area contributed by atoms with Crippen molar-refractivity contribution in [1.82, 2.24) is 14.3 Å². The standard InChI is InChI=1S/C27H34N6O6S2/c1-19-17-40-26-25(19)28-18-29-27(26)30-14-11-21(12-15-30)31(13-5-8-20-6-3-2-4-7-20)41(38,39)24-10-9-22(32(34)35)16-23(24)33(36)37/h9-10,16-18,20-21H,2-8,11-15H2,1H3. The van der Waals surface area contributed by atoms with Crippen molar-refractivity contribution in [2.45, 2.75) is 75.6 Å². The second-order valence-corrected chi connectivity index (χ2v) is 13.7. The lowest BCUT2D eigenvalue weighted by Crippen LogP contribution is -2.48. The first-order chi connectivity index (χ1) is 19.7. The van der Waals surface area contributed by atoms with E-state index < -0.39 is 36.1 Å². The van der Waals surface area contributed by atoms with Gasteiger partial charge in [0.2, 0.25) is 10.0 Å². The Morgan fingerprint density at radius 1 is 1.05 bits per heavy atom. The first kappa shape index (κ1) is 29.3. The van der Waals surface area contributed by atoms with E-state index in [1.807, 2.05) is 12.3 Å². The second-order valence-electron chi connectivity index (χ2n) is 10.9. The lowest BCUT2D eigenvalue weighted by atomic mass is 9.86. The average Bonchev–Trinajstić information content (AvgIpc) is 3.36. The van der Waals surface area contributed by atoms with Crippen molar-refractivity contribution in [2.24, 2.45) is 5.92 Å². The van der Waals surface area contributed by atoms with Gasteiger partial charge in [-0.25, -0.2) is 18.4 Å². The Hall–Kier alpha value is -3.23. The summed E-state index contributed by atoms with van der Waals surface area (Å²) in [4.78, 5) is 32.1. The summed E-state index contributed by atoms with van der Waals surface area (Å²) in [6, 6.07) is 2.40. The van der Waals surface area contributed by atoms with Crippen LogP contribution >= 0.6 is 11.3 Å². The molecule has 1 saturated heterocycles. The molecule has 41 heavy (non-hydrogen) atoms. The predicted octanol–water partition coefficient (Wildman–Crippen LogP) is 5.84. The van der Waals surface area contributed by atoms with E-state index in [-0.39, 0.29) is 12.6 Å². The van der Waals surface area contributed by atoms with E-state index in [4.69, 9.17) is 0 Å². The molecule has 0 atom stereocenters. The maximum atomic E-state index is 14.1. The number of benzene rings is 1. The molecule has 0 spiro atoms. The highest BCUT2D eigenvalue weighted by atomic mass is 32.2. The highest BCUT2D eigenvalue weighted by Gasteiger charge is 2.38. The van der Waals surface area contributed by atoms with Crippen LogP contribution in [-0.4, -0.2) is 58.2 Å². The number of fused-ring (bicyclic) bond motifs is 1. The maximum Gasteiger partial charge on any atom is 0.296 e. The topological polar surface area (TPSA) is 153 Å². The normalized spacial score (nSPS) is 17.4. The molecule has 1 saturated carbocycles. The number of nitro benzene ring substituents is 2. The number of hydrogen-bond acceptors (Lipinski definition) is 10. The largest absolute Gasteiger partial charge is 0.355 e. The Labute approximate surface area is 242 Å². The Bertz CT molecular complexity index is 1530. The maximum absolute atomic E-state index is 14.1. The molecule has 0 N–H and O–H groups in total. The van der Waals surface area contributed by atoms with Gasteiger partial charge in [0.1, 0.15) is 12.1 Å². The number of non-ortho nitro benzene ring substituents is 1. The minimum atomic E-state index is -4.31. The van der Waals surface area contributed by atoms with Gasteiger partial charge >= 0.3 is 0 Å². The van der Waals surface area contributed by atoms with Crippen LogP contribution in [0.25, 0.3) is 10.2 Å². The predicted molar refractivity (Wildman–Crippen MR) is 157 cm³/mol. The molecule has 1 aliphatic heterocycles. The van der Waals surface area contributed by atoms with Gasteiger partial charge in [-0.3, -0.25) is 20.2 Å². The van der Waals surface area contributed by atoms with Crippen molar-refractivity contribution in [2.75, 3.05) is 24.5 Å². The fourth-order valence-corrected chi connectivity index (χ4v) is 9.05. The number of rotatable bonds is 10. The molecule has 2 aromatic heterocycles. The molecule has 14 heteroatoms. The van der Waals surface area contributed by atoms with Crippen molar-refractivity contribution >= 4 is 48.8 Å². The monoisotopic (exact) mass is 602 g/mol. The Balaban J connectivity index is 1.40. The molecule has 0 amide bonds. The molecule has 3 heterocycles. The molecule has 2 aliphatic rings. The quantitative estimate of drug-likeness (QED) is 0.206. The van der Waals surface area contributed by atoms with Crippen molar-refractivity contribution in [1.29, 1.82) is 0 Å². The van der Waals surface area contributed by atoms with Crippen molar-refractivity contribution < 1.29 is 18.3 Å². The van der Waals surface area contributed by atoms with E-state index in [1.165, 1.54) is 23.6 Å². The molecule has 1 aliphatic carbocycles. The number of nitrogens with zero attached hydrogens (tertiary/aromatic N) is 6. The van der Waals surface area contributed by atoms with E-state index >= 15 is 0 Å². The van der Waals surface area contributed by atoms with E-state index in [0.717, 1.165) is 59.1 Å². The third kappa shape index (κ3) is 6.19. The van der Waals surface area contributed by atoms with Crippen LogP contribution in [0.2, 0.25) is 0 Å². The zero-order chi connectivity index (χ0) is 29.1. The van der Waals surface area contributed by atoms with Crippen LogP contribution < -0.4 is 4.90 Å². The number of hydrogen-bond donors (Lipinski definition) is 0. The Morgan fingerprint density at radius 2 is 1.78 bits per heavy atom. The summed E-state index contributed by atoms with van der Waals surface area (Å²) in [5.74, 6) is 1.41. The molecule has 0 unspecified atom stereocenters.